The monoisotopic (exact) mass is 548 g/mol. The Labute approximate surface area is 227 Å². The van der Waals surface area contributed by atoms with E-state index in [2.05, 4.69) is 20.1 Å². The maximum Gasteiger partial charge on any atom is 0.410 e. The molecule has 2 aliphatic rings. The number of imidazole rings is 1. The van der Waals surface area contributed by atoms with Gasteiger partial charge < -0.3 is 9.64 Å². The summed E-state index contributed by atoms with van der Waals surface area (Å²) in [6.45, 7) is 0.751. The van der Waals surface area contributed by atoms with Gasteiger partial charge in [0, 0.05) is 43.0 Å². The number of fused-ring (bicyclic) bond motifs is 2. The Balaban J connectivity index is 1.20. The fraction of sp³-hybridized carbons (Fsp3) is 0.357. The quantitative estimate of drug-likeness (QED) is 0.273. The SMILES string of the molecule is O=NC1c2cccnc2C(OC(=O)N2CCC(n3c(=O)[nH]c4ncccc43)CC2)CCC1c1cccc(F)c1F. The molecule has 1 saturated heterocycles. The Hall–Kier alpha value is -4.48. The summed E-state index contributed by atoms with van der Waals surface area (Å²) in [5.41, 5.74) is 1.86. The van der Waals surface area contributed by atoms with Gasteiger partial charge in [-0.3, -0.25) is 14.5 Å². The number of piperidine rings is 1. The minimum Gasteiger partial charge on any atom is -0.440 e. The molecule has 4 aromatic rings. The molecule has 3 atom stereocenters. The van der Waals surface area contributed by atoms with E-state index in [0.717, 1.165) is 11.6 Å². The van der Waals surface area contributed by atoms with Crippen molar-refractivity contribution in [2.24, 2.45) is 5.18 Å². The molecule has 0 saturated carbocycles. The van der Waals surface area contributed by atoms with E-state index in [0.29, 0.717) is 42.8 Å². The van der Waals surface area contributed by atoms with Gasteiger partial charge in [-0.15, -0.1) is 0 Å². The summed E-state index contributed by atoms with van der Waals surface area (Å²) in [4.78, 5) is 50.8. The number of carbonyl (C=O) groups is 1. The Kier molecular flexibility index (Phi) is 6.82. The van der Waals surface area contributed by atoms with Crippen LogP contribution in [0.5, 0.6) is 0 Å². The second kappa shape index (κ2) is 10.6. The maximum absolute atomic E-state index is 14.7. The van der Waals surface area contributed by atoms with Crippen LogP contribution in [-0.2, 0) is 4.74 Å². The van der Waals surface area contributed by atoms with E-state index in [9.17, 15) is 23.3 Å². The van der Waals surface area contributed by atoms with E-state index in [1.807, 2.05) is 6.07 Å². The van der Waals surface area contributed by atoms with Crippen LogP contribution in [0.25, 0.3) is 11.2 Å². The minimum absolute atomic E-state index is 0.0520. The van der Waals surface area contributed by atoms with Gasteiger partial charge in [-0.1, -0.05) is 23.4 Å². The zero-order valence-corrected chi connectivity index (χ0v) is 21.4. The molecule has 40 heavy (non-hydrogen) atoms. The van der Waals surface area contributed by atoms with Gasteiger partial charge in [-0.2, -0.15) is 4.91 Å². The highest BCUT2D eigenvalue weighted by Gasteiger charge is 2.38. The van der Waals surface area contributed by atoms with Gasteiger partial charge in [0.15, 0.2) is 17.3 Å². The van der Waals surface area contributed by atoms with Gasteiger partial charge in [0.05, 0.1) is 11.2 Å². The Bertz CT molecular complexity index is 1630. The van der Waals surface area contributed by atoms with Crippen LogP contribution in [0.3, 0.4) is 0 Å². The molecule has 0 spiro atoms. The maximum atomic E-state index is 14.7. The predicted octanol–water partition coefficient (Wildman–Crippen LogP) is 5.30. The Morgan fingerprint density at radius 3 is 2.52 bits per heavy atom. The molecule has 1 aliphatic heterocycles. The molecular weight excluding hydrogens is 522 g/mol. The number of carbonyl (C=O) groups excluding carboxylic acids is 1. The van der Waals surface area contributed by atoms with Crippen molar-refractivity contribution in [3.63, 3.8) is 0 Å². The lowest BCUT2D eigenvalue weighted by Crippen LogP contribution is -2.41. The van der Waals surface area contributed by atoms with E-state index >= 15 is 0 Å². The van der Waals surface area contributed by atoms with E-state index in [4.69, 9.17) is 4.74 Å². The number of likely N-dealkylation sites (tertiary alicyclic amines) is 1. The lowest BCUT2D eigenvalue weighted by atomic mass is 9.86. The number of ether oxygens (including phenoxy) is 1. The summed E-state index contributed by atoms with van der Waals surface area (Å²) in [6, 6.07) is 9.64. The van der Waals surface area contributed by atoms with Gasteiger partial charge in [0.25, 0.3) is 0 Å². The van der Waals surface area contributed by atoms with Crippen LogP contribution >= 0.6 is 0 Å². The number of amides is 1. The number of nitrogens with zero attached hydrogens (tertiary/aromatic N) is 5. The van der Waals surface area contributed by atoms with Crippen LogP contribution < -0.4 is 5.69 Å². The average molecular weight is 549 g/mol. The van der Waals surface area contributed by atoms with Crippen molar-refractivity contribution >= 4 is 17.3 Å². The molecule has 206 valence electrons. The van der Waals surface area contributed by atoms with E-state index in [-0.39, 0.29) is 30.1 Å². The highest BCUT2D eigenvalue weighted by atomic mass is 19.2. The van der Waals surface area contributed by atoms with Crippen molar-refractivity contribution in [3.05, 3.63) is 98.7 Å². The van der Waals surface area contributed by atoms with Crippen LogP contribution in [0.1, 0.15) is 66.6 Å². The third-order valence-electron chi connectivity index (χ3n) is 7.93. The lowest BCUT2D eigenvalue weighted by molar-refractivity contribution is 0.0472. The Morgan fingerprint density at radius 2 is 1.73 bits per heavy atom. The first-order valence-corrected chi connectivity index (χ1v) is 13.2. The number of benzene rings is 1. The fourth-order valence-electron chi connectivity index (χ4n) is 5.99. The summed E-state index contributed by atoms with van der Waals surface area (Å²) in [7, 11) is 0. The van der Waals surface area contributed by atoms with Crippen molar-refractivity contribution in [2.45, 2.75) is 49.8 Å². The fourth-order valence-corrected chi connectivity index (χ4v) is 5.99. The van der Waals surface area contributed by atoms with Crippen molar-refractivity contribution in [2.75, 3.05) is 13.1 Å². The number of hydrogen-bond acceptors (Lipinski definition) is 7. The number of nitrogens with one attached hydrogen (secondary N) is 1. The number of aromatic nitrogens is 4. The first kappa shape index (κ1) is 25.8. The van der Waals surface area contributed by atoms with Crippen molar-refractivity contribution in [1.29, 1.82) is 0 Å². The summed E-state index contributed by atoms with van der Waals surface area (Å²) in [5, 5.41) is 3.28. The molecule has 3 aromatic heterocycles. The number of nitroso groups, excluding NO2 is 1. The van der Waals surface area contributed by atoms with Gasteiger partial charge in [-0.25, -0.2) is 23.4 Å². The summed E-state index contributed by atoms with van der Waals surface area (Å²) in [5.74, 6) is -2.77. The minimum atomic E-state index is -1.02. The van der Waals surface area contributed by atoms with Crippen molar-refractivity contribution in [3.8, 4) is 0 Å². The molecule has 0 radical (unpaired) electrons. The molecule has 1 amide bonds. The topological polar surface area (TPSA) is 123 Å². The number of pyridine rings is 2. The van der Waals surface area contributed by atoms with Crippen molar-refractivity contribution < 1.29 is 18.3 Å². The smallest absolute Gasteiger partial charge is 0.410 e. The van der Waals surface area contributed by atoms with Crippen LogP contribution in [0.15, 0.2) is 64.8 Å². The van der Waals surface area contributed by atoms with Crippen LogP contribution in [0, 0.1) is 16.5 Å². The summed E-state index contributed by atoms with van der Waals surface area (Å²) < 4.78 is 36.4. The van der Waals surface area contributed by atoms with E-state index < -0.39 is 35.8 Å². The average Bonchev–Trinajstić information content (AvgIpc) is 3.23. The third-order valence-corrected chi connectivity index (χ3v) is 7.93. The van der Waals surface area contributed by atoms with Gasteiger partial charge in [0.1, 0.15) is 12.1 Å². The summed E-state index contributed by atoms with van der Waals surface area (Å²) >= 11 is 0. The molecule has 3 unspecified atom stereocenters. The second-order valence-electron chi connectivity index (χ2n) is 10.1. The van der Waals surface area contributed by atoms with E-state index in [1.54, 1.807) is 33.9 Å². The molecule has 1 fully saturated rings. The molecule has 4 heterocycles. The number of aromatic amines is 1. The number of halogens is 2. The van der Waals surface area contributed by atoms with Crippen LogP contribution in [0.4, 0.5) is 13.6 Å². The number of H-pyrrole nitrogens is 1. The highest BCUT2D eigenvalue weighted by molar-refractivity contribution is 5.70. The zero-order chi connectivity index (χ0) is 27.8. The van der Waals surface area contributed by atoms with Crippen molar-refractivity contribution in [1.82, 2.24) is 24.4 Å². The molecule has 10 nitrogen and oxygen atoms in total. The second-order valence-corrected chi connectivity index (χ2v) is 10.1. The molecule has 12 heteroatoms. The molecule has 1 aromatic carbocycles. The lowest BCUT2D eigenvalue weighted by Gasteiger charge is -2.32. The van der Waals surface area contributed by atoms with Crippen LogP contribution in [0.2, 0.25) is 0 Å². The third kappa shape index (κ3) is 4.52. The first-order chi connectivity index (χ1) is 19.5. The Morgan fingerprint density at radius 1 is 0.975 bits per heavy atom. The molecular formula is C28H26F2N6O4. The highest BCUT2D eigenvalue weighted by Crippen LogP contribution is 2.46. The molecule has 1 aliphatic carbocycles. The first-order valence-electron chi connectivity index (χ1n) is 13.2. The van der Waals surface area contributed by atoms with Crippen LogP contribution in [-0.4, -0.2) is 43.6 Å². The largest absolute Gasteiger partial charge is 0.440 e. The normalized spacial score (nSPS) is 21.6. The standard InChI is InChI=1S/C28H26F2N6O4/c29-20-6-1-4-17(23(20)30)18-8-9-22(25-19(24(18)34-39)5-2-12-31-25)40-28(38)35-14-10-16(11-15-35)36-21-7-3-13-32-26(21)33-27(36)37/h1-7,12-13,16,18,22,24H,8-11,14-15H2,(H,32,33,37). The molecule has 0 bridgehead atoms. The number of rotatable bonds is 4. The van der Waals surface area contributed by atoms with E-state index in [1.165, 1.54) is 18.3 Å². The molecule has 1 N–H and O–H groups in total. The zero-order valence-electron chi connectivity index (χ0n) is 21.4. The molecule has 6 rings (SSSR count). The summed E-state index contributed by atoms with van der Waals surface area (Å²) in [6.07, 6.45) is 3.38. The van der Waals surface area contributed by atoms with Gasteiger partial charge in [0.2, 0.25) is 0 Å². The van der Waals surface area contributed by atoms with Gasteiger partial charge in [-0.05, 0) is 55.5 Å². The predicted molar refractivity (Wildman–Crippen MR) is 141 cm³/mol. The van der Waals surface area contributed by atoms with Gasteiger partial charge >= 0.3 is 11.8 Å². The number of hydrogen-bond donors (Lipinski definition) is 1.